The number of aliphatic hydroxyl groups is 1. The Morgan fingerprint density at radius 2 is 1.96 bits per heavy atom. The molecule has 5 nitrogen and oxygen atoms in total. The molecule has 0 bridgehead atoms. The molecule has 0 aliphatic carbocycles. The number of likely N-dealkylation sites (tertiary alicyclic amines) is 1. The van der Waals surface area contributed by atoms with E-state index in [9.17, 15) is 9.50 Å². The number of hydrogen-bond acceptors (Lipinski definition) is 5. The smallest absolute Gasteiger partial charge is 0.247 e. The molecular formula is C19H18FN3O2. The summed E-state index contributed by atoms with van der Waals surface area (Å²) < 4.78 is 19.3. The number of β-amino-alcohol motifs (C(OH)–C–C–N with tert-alkyl or cyclic N) is 1. The van der Waals surface area contributed by atoms with Crippen molar-refractivity contribution in [2.45, 2.75) is 25.1 Å². The van der Waals surface area contributed by atoms with Gasteiger partial charge >= 0.3 is 0 Å². The Morgan fingerprint density at radius 3 is 2.76 bits per heavy atom. The van der Waals surface area contributed by atoms with Crippen LogP contribution >= 0.6 is 0 Å². The maximum Gasteiger partial charge on any atom is 0.247 e. The average Bonchev–Trinajstić information content (AvgIpc) is 3.23. The van der Waals surface area contributed by atoms with Crippen molar-refractivity contribution in [2.24, 2.45) is 0 Å². The van der Waals surface area contributed by atoms with E-state index in [0.29, 0.717) is 31.3 Å². The van der Waals surface area contributed by atoms with E-state index in [1.807, 2.05) is 41.3 Å². The third-order valence-electron chi connectivity index (χ3n) is 4.44. The first-order chi connectivity index (χ1) is 12.2. The minimum absolute atomic E-state index is 0.0715. The predicted molar refractivity (Wildman–Crippen MR) is 89.9 cm³/mol. The van der Waals surface area contributed by atoms with Gasteiger partial charge in [0.15, 0.2) is 0 Å². The lowest BCUT2D eigenvalue weighted by atomic mass is 10.0. The zero-order valence-corrected chi connectivity index (χ0v) is 13.5. The first kappa shape index (κ1) is 15.9. The fourth-order valence-corrected chi connectivity index (χ4v) is 3.30. The lowest BCUT2D eigenvalue weighted by Crippen LogP contribution is -2.24. The third-order valence-corrected chi connectivity index (χ3v) is 4.44. The Kier molecular flexibility index (Phi) is 4.29. The van der Waals surface area contributed by atoms with Crippen LogP contribution in [0, 0.1) is 5.82 Å². The van der Waals surface area contributed by atoms with Crippen molar-refractivity contribution in [3.05, 3.63) is 71.9 Å². The summed E-state index contributed by atoms with van der Waals surface area (Å²) in [6.07, 6.45) is 0.105. The van der Waals surface area contributed by atoms with Gasteiger partial charge in [0.05, 0.1) is 12.6 Å². The summed E-state index contributed by atoms with van der Waals surface area (Å²) in [7, 11) is 0. The highest BCUT2D eigenvalue weighted by atomic mass is 19.1. The van der Waals surface area contributed by atoms with Crippen molar-refractivity contribution in [1.29, 1.82) is 0 Å². The summed E-state index contributed by atoms with van der Waals surface area (Å²) >= 11 is 0. The highest BCUT2D eigenvalue weighted by Gasteiger charge is 2.33. The van der Waals surface area contributed by atoms with Crippen LogP contribution in [-0.2, 0) is 6.54 Å². The van der Waals surface area contributed by atoms with Crippen LogP contribution in [0.1, 0.15) is 23.9 Å². The lowest BCUT2D eigenvalue weighted by molar-refractivity contribution is 0.167. The molecule has 1 fully saturated rings. The monoisotopic (exact) mass is 339 g/mol. The van der Waals surface area contributed by atoms with Crippen LogP contribution in [0.4, 0.5) is 4.39 Å². The summed E-state index contributed by atoms with van der Waals surface area (Å²) in [6, 6.07) is 16.0. The minimum atomic E-state index is -0.454. The Morgan fingerprint density at radius 1 is 1.12 bits per heavy atom. The molecule has 1 N–H and O–H groups in total. The third kappa shape index (κ3) is 3.45. The van der Waals surface area contributed by atoms with Gasteiger partial charge in [0.1, 0.15) is 5.82 Å². The molecule has 2 heterocycles. The van der Waals surface area contributed by atoms with Gasteiger partial charge in [-0.2, -0.15) is 0 Å². The molecule has 1 aliphatic heterocycles. The zero-order valence-electron chi connectivity index (χ0n) is 13.5. The summed E-state index contributed by atoms with van der Waals surface area (Å²) in [5.41, 5.74) is 1.71. The molecule has 25 heavy (non-hydrogen) atoms. The molecule has 0 unspecified atom stereocenters. The molecule has 4 rings (SSSR count). The largest absolute Gasteiger partial charge is 0.419 e. The van der Waals surface area contributed by atoms with E-state index in [2.05, 4.69) is 10.2 Å². The van der Waals surface area contributed by atoms with Gasteiger partial charge in [-0.1, -0.05) is 30.3 Å². The number of benzene rings is 2. The van der Waals surface area contributed by atoms with Crippen LogP contribution < -0.4 is 0 Å². The van der Waals surface area contributed by atoms with Crippen molar-refractivity contribution in [2.75, 3.05) is 6.54 Å². The van der Waals surface area contributed by atoms with Gasteiger partial charge in [-0.15, -0.1) is 10.2 Å². The molecule has 0 amide bonds. The average molecular weight is 339 g/mol. The molecule has 6 heteroatoms. The first-order valence-electron chi connectivity index (χ1n) is 8.24. The number of halogens is 1. The Balaban J connectivity index is 1.54. The normalized spacial score (nSPS) is 20.9. The molecule has 1 aliphatic rings. The van der Waals surface area contributed by atoms with Crippen LogP contribution in [0.3, 0.4) is 0 Å². The number of aromatic nitrogens is 2. The van der Waals surface area contributed by atoms with Crippen LogP contribution in [0.15, 0.2) is 59.0 Å². The number of aliphatic hydroxyl groups excluding tert-OH is 1. The van der Waals surface area contributed by atoms with Crippen molar-refractivity contribution in [3.8, 4) is 11.5 Å². The van der Waals surface area contributed by atoms with Gasteiger partial charge in [-0.3, -0.25) is 4.90 Å². The second-order valence-corrected chi connectivity index (χ2v) is 6.26. The zero-order chi connectivity index (χ0) is 17.2. The van der Waals surface area contributed by atoms with E-state index in [4.69, 9.17) is 4.42 Å². The maximum absolute atomic E-state index is 13.5. The van der Waals surface area contributed by atoms with Gasteiger partial charge in [0, 0.05) is 18.2 Å². The fourth-order valence-electron chi connectivity index (χ4n) is 3.30. The van der Waals surface area contributed by atoms with Gasteiger partial charge in [0.2, 0.25) is 11.8 Å². The lowest BCUT2D eigenvalue weighted by Gasteiger charge is -2.22. The van der Waals surface area contributed by atoms with E-state index in [1.165, 1.54) is 12.1 Å². The highest BCUT2D eigenvalue weighted by Crippen LogP contribution is 2.33. The van der Waals surface area contributed by atoms with Gasteiger partial charge in [0.25, 0.3) is 0 Å². The molecule has 0 saturated carbocycles. The molecular weight excluding hydrogens is 321 g/mol. The van der Waals surface area contributed by atoms with E-state index >= 15 is 0 Å². The van der Waals surface area contributed by atoms with Gasteiger partial charge in [-0.25, -0.2) is 4.39 Å². The first-order valence-corrected chi connectivity index (χ1v) is 8.24. The molecule has 1 saturated heterocycles. The second-order valence-electron chi connectivity index (χ2n) is 6.26. The van der Waals surface area contributed by atoms with Gasteiger partial charge < -0.3 is 9.52 Å². The van der Waals surface area contributed by atoms with E-state index in [-0.39, 0.29) is 11.9 Å². The quantitative estimate of drug-likeness (QED) is 0.791. The molecule has 0 radical (unpaired) electrons. The second kappa shape index (κ2) is 6.74. The molecule has 2 aromatic carbocycles. The minimum Gasteiger partial charge on any atom is -0.419 e. The number of hydrogen-bond donors (Lipinski definition) is 1. The predicted octanol–water partition coefficient (Wildman–Crippen LogP) is 3.18. The van der Waals surface area contributed by atoms with Crippen LogP contribution in [0.5, 0.6) is 0 Å². The van der Waals surface area contributed by atoms with Crippen LogP contribution in [-0.4, -0.2) is 32.9 Å². The Bertz CT molecular complexity index is 853. The number of rotatable bonds is 4. The highest BCUT2D eigenvalue weighted by molar-refractivity contribution is 5.51. The van der Waals surface area contributed by atoms with E-state index in [0.717, 1.165) is 11.1 Å². The van der Waals surface area contributed by atoms with E-state index in [1.54, 1.807) is 6.07 Å². The molecule has 128 valence electrons. The summed E-state index contributed by atoms with van der Waals surface area (Å²) in [5, 5.41) is 18.3. The van der Waals surface area contributed by atoms with Crippen molar-refractivity contribution >= 4 is 0 Å². The molecule has 1 aromatic heterocycles. The van der Waals surface area contributed by atoms with Crippen molar-refractivity contribution in [1.82, 2.24) is 15.1 Å². The van der Waals surface area contributed by atoms with Crippen molar-refractivity contribution in [3.63, 3.8) is 0 Å². The number of nitrogens with zero attached hydrogens (tertiary/aromatic N) is 3. The maximum atomic E-state index is 13.5. The fraction of sp³-hybridized carbons (Fsp3) is 0.263. The summed E-state index contributed by atoms with van der Waals surface area (Å²) in [6.45, 7) is 0.905. The Hall–Kier alpha value is -2.57. The van der Waals surface area contributed by atoms with Crippen LogP contribution in [0.25, 0.3) is 11.5 Å². The van der Waals surface area contributed by atoms with Crippen molar-refractivity contribution < 1.29 is 13.9 Å². The molecule has 2 atom stereocenters. The van der Waals surface area contributed by atoms with Crippen LogP contribution in [0.2, 0.25) is 0 Å². The SMILES string of the molecule is O[C@@H]1C[C@@H](c2cccc(F)c2)N(Cc2nnc(-c3ccccc3)o2)C1. The Labute approximate surface area is 144 Å². The standard InChI is InChI=1S/C19H18FN3O2/c20-15-8-4-7-14(9-15)17-10-16(24)11-23(17)12-18-21-22-19(25-18)13-5-2-1-3-6-13/h1-9,16-17,24H,10-12H2/t16-,17+/m1/s1. The molecule has 3 aromatic rings. The summed E-state index contributed by atoms with van der Waals surface area (Å²) in [5.74, 6) is 0.676. The summed E-state index contributed by atoms with van der Waals surface area (Å²) in [4.78, 5) is 2.04. The topological polar surface area (TPSA) is 62.4 Å². The van der Waals surface area contributed by atoms with Gasteiger partial charge in [-0.05, 0) is 36.2 Å². The van der Waals surface area contributed by atoms with E-state index < -0.39 is 6.10 Å². The molecule has 0 spiro atoms.